The maximum atomic E-state index is 13.9. The van der Waals surface area contributed by atoms with Crippen LogP contribution in [0, 0.1) is 11.6 Å². The maximum absolute atomic E-state index is 13.9. The minimum Gasteiger partial charge on any atom is -0.355 e. The zero-order valence-electron chi connectivity index (χ0n) is 14.6. The summed E-state index contributed by atoms with van der Waals surface area (Å²) >= 11 is 6.06. The van der Waals surface area contributed by atoms with Crippen LogP contribution in [0.2, 0.25) is 5.02 Å². The van der Waals surface area contributed by atoms with Crippen molar-refractivity contribution >= 4 is 33.2 Å². The number of sulfonamides is 1. The van der Waals surface area contributed by atoms with Gasteiger partial charge in [-0.05, 0) is 36.6 Å². The van der Waals surface area contributed by atoms with Crippen LogP contribution in [0.25, 0.3) is 0 Å². The van der Waals surface area contributed by atoms with Crippen LogP contribution >= 0.6 is 11.6 Å². The molecule has 0 aromatic heterocycles. The average molecular weight is 417 g/mol. The van der Waals surface area contributed by atoms with Crippen LogP contribution in [0.5, 0.6) is 0 Å². The van der Waals surface area contributed by atoms with E-state index in [9.17, 15) is 22.0 Å². The molecule has 5 nitrogen and oxygen atoms in total. The number of benzene rings is 2. The van der Waals surface area contributed by atoms with E-state index in [1.165, 1.54) is 0 Å². The van der Waals surface area contributed by atoms with Gasteiger partial charge >= 0.3 is 0 Å². The molecule has 0 aliphatic rings. The Hall–Kier alpha value is -2.19. The minimum atomic E-state index is -3.93. The van der Waals surface area contributed by atoms with Crippen molar-refractivity contribution in [1.29, 1.82) is 0 Å². The summed E-state index contributed by atoms with van der Waals surface area (Å²) in [6.07, 6.45) is 2.09. The first kappa shape index (κ1) is 21.1. The van der Waals surface area contributed by atoms with E-state index in [0.717, 1.165) is 24.0 Å². The highest BCUT2D eigenvalue weighted by Gasteiger charge is 2.23. The van der Waals surface area contributed by atoms with Crippen molar-refractivity contribution in [2.24, 2.45) is 0 Å². The lowest BCUT2D eigenvalue weighted by Crippen LogP contribution is -2.41. The van der Waals surface area contributed by atoms with Crippen LogP contribution < -0.4 is 9.62 Å². The first-order valence-corrected chi connectivity index (χ1v) is 10.3. The number of rotatable bonds is 8. The topological polar surface area (TPSA) is 66.5 Å². The predicted molar refractivity (Wildman–Crippen MR) is 101 cm³/mol. The van der Waals surface area contributed by atoms with Crippen LogP contribution in [0.1, 0.15) is 12.0 Å². The number of amides is 1. The van der Waals surface area contributed by atoms with Crippen LogP contribution in [0.15, 0.2) is 42.5 Å². The number of nitrogens with one attached hydrogen (secondary N) is 1. The zero-order chi connectivity index (χ0) is 20.0. The standard InChI is InChI=1S/C18H19ClF2N2O3S/c1-27(25,26)23(17-9-8-14(20)11-16(17)21)12-18(24)22-10-4-6-13-5-2-3-7-15(13)19/h2-3,5,7-9,11H,4,6,10,12H2,1H3,(H,22,24). The number of anilines is 1. The fourth-order valence-electron chi connectivity index (χ4n) is 2.46. The number of carbonyl (C=O) groups is 1. The molecule has 0 radical (unpaired) electrons. The summed E-state index contributed by atoms with van der Waals surface area (Å²) in [5.74, 6) is -2.50. The van der Waals surface area contributed by atoms with Crippen molar-refractivity contribution in [3.8, 4) is 0 Å². The highest BCUT2D eigenvalue weighted by Crippen LogP contribution is 2.22. The second kappa shape index (κ2) is 9.14. The summed E-state index contributed by atoms with van der Waals surface area (Å²) in [5, 5.41) is 3.23. The van der Waals surface area contributed by atoms with Gasteiger partial charge in [0.1, 0.15) is 18.2 Å². The molecule has 0 atom stereocenters. The van der Waals surface area contributed by atoms with Gasteiger partial charge in [0.2, 0.25) is 15.9 Å². The Balaban J connectivity index is 1.95. The van der Waals surface area contributed by atoms with Gasteiger partial charge in [0.15, 0.2) is 0 Å². The molecule has 1 amide bonds. The zero-order valence-corrected chi connectivity index (χ0v) is 16.2. The van der Waals surface area contributed by atoms with Crippen LogP contribution in [-0.4, -0.2) is 33.7 Å². The van der Waals surface area contributed by atoms with E-state index in [0.29, 0.717) is 34.8 Å². The van der Waals surface area contributed by atoms with E-state index in [1.807, 2.05) is 18.2 Å². The van der Waals surface area contributed by atoms with E-state index in [-0.39, 0.29) is 5.69 Å². The molecule has 2 aromatic rings. The number of aryl methyl sites for hydroxylation is 1. The molecular formula is C18H19ClF2N2O3S. The Morgan fingerprint density at radius 3 is 2.52 bits per heavy atom. The molecule has 0 aliphatic carbocycles. The predicted octanol–water partition coefficient (Wildman–Crippen LogP) is 3.13. The third-order valence-electron chi connectivity index (χ3n) is 3.77. The quantitative estimate of drug-likeness (QED) is 0.672. The van der Waals surface area contributed by atoms with Gasteiger partial charge in [0, 0.05) is 17.6 Å². The SMILES string of the molecule is CS(=O)(=O)N(CC(=O)NCCCc1ccccc1Cl)c1ccc(F)cc1F. The molecule has 2 rings (SSSR count). The molecule has 1 N–H and O–H groups in total. The van der Waals surface area contributed by atoms with Gasteiger partial charge in [-0.2, -0.15) is 0 Å². The van der Waals surface area contributed by atoms with E-state index in [4.69, 9.17) is 11.6 Å². The van der Waals surface area contributed by atoms with Gasteiger partial charge in [0.25, 0.3) is 0 Å². The van der Waals surface area contributed by atoms with Crippen molar-refractivity contribution in [2.75, 3.05) is 23.7 Å². The molecular weight excluding hydrogens is 398 g/mol. The van der Waals surface area contributed by atoms with Gasteiger partial charge in [-0.1, -0.05) is 29.8 Å². The van der Waals surface area contributed by atoms with Gasteiger partial charge < -0.3 is 5.32 Å². The Morgan fingerprint density at radius 1 is 1.19 bits per heavy atom. The van der Waals surface area contributed by atoms with Gasteiger partial charge in [0.05, 0.1) is 11.9 Å². The third kappa shape index (κ3) is 6.18. The molecule has 146 valence electrons. The van der Waals surface area contributed by atoms with Crippen molar-refractivity contribution in [1.82, 2.24) is 5.32 Å². The van der Waals surface area contributed by atoms with E-state index < -0.39 is 34.1 Å². The van der Waals surface area contributed by atoms with Crippen LogP contribution in [0.4, 0.5) is 14.5 Å². The molecule has 0 spiro atoms. The van der Waals surface area contributed by atoms with E-state index >= 15 is 0 Å². The summed E-state index contributed by atoms with van der Waals surface area (Å²) in [6.45, 7) is -0.305. The summed E-state index contributed by atoms with van der Waals surface area (Å²) in [5.41, 5.74) is 0.560. The minimum absolute atomic E-state index is 0.299. The van der Waals surface area contributed by atoms with Gasteiger partial charge in [-0.15, -0.1) is 0 Å². The lowest BCUT2D eigenvalue weighted by atomic mass is 10.1. The normalized spacial score (nSPS) is 11.3. The molecule has 0 heterocycles. The highest BCUT2D eigenvalue weighted by atomic mass is 35.5. The van der Waals surface area contributed by atoms with E-state index in [1.54, 1.807) is 6.07 Å². The number of halogens is 3. The van der Waals surface area contributed by atoms with Crippen molar-refractivity contribution in [3.63, 3.8) is 0 Å². The molecule has 0 fully saturated rings. The summed E-state index contributed by atoms with van der Waals surface area (Å²) in [7, 11) is -3.93. The average Bonchev–Trinajstić information content (AvgIpc) is 2.58. The van der Waals surface area contributed by atoms with Gasteiger partial charge in [-0.25, -0.2) is 17.2 Å². The number of hydrogen-bond donors (Lipinski definition) is 1. The number of nitrogens with zero attached hydrogens (tertiary/aromatic N) is 1. The molecule has 0 bridgehead atoms. The monoisotopic (exact) mass is 416 g/mol. The molecule has 0 saturated heterocycles. The Kier molecular flexibility index (Phi) is 7.15. The lowest BCUT2D eigenvalue weighted by molar-refractivity contribution is -0.119. The van der Waals surface area contributed by atoms with Crippen molar-refractivity contribution in [2.45, 2.75) is 12.8 Å². The first-order chi connectivity index (χ1) is 12.7. The fourth-order valence-corrected chi connectivity index (χ4v) is 3.55. The summed E-state index contributed by atoms with van der Waals surface area (Å²) in [4.78, 5) is 12.1. The Morgan fingerprint density at radius 2 is 1.89 bits per heavy atom. The number of carbonyl (C=O) groups excluding carboxylic acids is 1. The first-order valence-electron chi connectivity index (χ1n) is 8.11. The Labute approximate surface area is 162 Å². The van der Waals surface area contributed by atoms with Crippen LogP contribution in [0.3, 0.4) is 0 Å². The van der Waals surface area contributed by atoms with Crippen LogP contribution in [-0.2, 0) is 21.2 Å². The number of hydrogen-bond acceptors (Lipinski definition) is 3. The van der Waals surface area contributed by atoms with E-state index in [2.05, 4.69) is 5.32 Å². The summed E-state index contributed by atoms with van der Waals surface area (Å²) in [6, 6.07) is 9.82. The molecule has 27 heavy (non-hydrogen) atoms. The lowest BCUT2D eigenvalue weighted by Gasteiger charge is -2.22. The Bertz CT molecular complexity index is 923. The molecule has 0 aliphatic heterocycles. The highest BCUT2D eigenvalue weighted by molar-refractivity contribution is 7.92. The molecule has 0 saturated carbocycles. The van der Waals surface area contributed by atoms with Crippen molar-refractivity contribution < 1.29 is 22.0 Å². The smallest absolute Gasteiger partial charge is 0.240 e. The summed E-state index contributed by atoms with van der Waals surface area (Å²) < 4.78 is 51.4. The second-order valence-corrected chi connectivity index (χ2v) is 8.22. The fraction of sp³-hybridized carbons (Fsp3) is 0.278. The van der Waals surface area contributed by atoms with Gasteiger partial charge in [-0.3, -0.25) is 9.10 Å². The molecule has 2 aromatic carbocycles. The third-order valence-corrected chi connectivity index (χ3v) is 5.26. The van der Waals surface area contributed by atoms with Crippen molar-refractivity contribution in [3.05, 3.63) is 64.7 Å². The molecule has 0 unspecified atom stereocenters. The largest absolute Gasteiger partial charge is 0.355 e. The maximum Gasteiger partial charge on any atom is 0.240 e. The second-order valence-electron chi connectivity index (χ2n) is 5.91. The molecule has 9 heteroatoms.